The Morgan fingerprint density at radius 1 is 1.16 bits per heavy atom. The number of carbonyl (C=O) groups is 2. The highest BCUT2D eigenvalue weighted by atomic mass is 79.9. The molecule has 0 saturated carbocycles. The van der Waals surface area contributed by atoms with Crippen molar-refractivity contribution >= 4 is 57.3 Å². The van der Waals surface area contributed by atoms with Gasteiger partial charge in [0.2, 0.25) is 5.91 Å². The number of nitrogens with zero attached hydrogens (tertiary/aromatic N) is 2. The number of nitrogens with two attached hydrogens (primary N) is 1. The van der Waals surface area contributed by atoms with Crippen molar-refractivity contribution in [2.75, 3.05) is 26.2 Å². The smallest absolute Gasteiger partial charge is 0.314 e. The number of hydrogen-bond acceptors (Lipinski definition) is 3. The molecule has 37 heavy (non-hydrogen) atoms. The van der Waals surface area contributed by atoms with Crippen LogP contribution in [-0.2, 0) is 11.2 Å². The Morgan fingerprint density at radius 3 is 2.35 bits per heavy atom. The van der Waals surface area contributed by atoms with Crippen molar-refractivity contribution in [1.29, 1.82) is 5.41 Å². The van der Waals surface area contributed by atoms with E-state index in [-0.39, 0.29) is 17.9 Å². The molecule has 1 unspecified atom stereocenters. The molecule has 2 heterocycles. The van der Waals surface area contributed by atoms with Crippen molar-refractivity contribution in [3.05, 3.63) is 55.5 Å². The Morgan fingerprint density at radius 2 is 1.78 bits per heavy atom. The molecule has 3 rings (SSSR count). The van der Waals surface area contributed by atoms with Gasteiger partial charge in [-0.2, -0.15) is 0 Å². The lowest BCUT2D eigenvalue weighted by Gasteiger charge is -2.37. The molecule has 0 aliphatic carbocycles. The van der Waals surface area contributed by atoms with Crippen molar-refractivity contribution in [3.8, 4) is 0 Å². The first-order valence-electron chi connectivity index (χ1n) is 13.0. The minimum Gasteiger partial charge on any atom is -0.351 e. The molecule has 3 N–H and O–H groups in total. The molecule has 2 saturated heterocycles. The number of likely N-dealkylation sites (tertiary alicyclic amines) is 2. The van der Waals surface area contributed by atoms with E-state index in [2.05, 4.69) is 28.9 Å². The lowest BCUT2D eigenvalue weighted by Crippen LogP contribution is -2.44. The third-order valence-corrected chi connectivity index (χ3v) is 9.02. The quantitative estimate of drug-likeness (QED) is 0.248. The number of hydrogen-bond donors (Lipinski definition) is 2. The van der Waals surface area contributed by atoms with Crippen LogP contribution in [-0.4, -0.2) is 54.1 Å². The van der Waals surface area contributed by atoms with E-state index in [9.17, 15) is 9.59 Å². The van der Waals surface area contributed by atoms with E-state index in [0.29, 0.717) is 41.4 Å². The normalized spacial score (nSPS) is 19.2. The van der Waals surface area contributed by atoms with E-state index in [1.165, 1.54) is 11.1 Å². The van der Waals surface area contributed by atoms with Crippen LogP contribution in [0.2, 0.25) is 5.02 Å². The summed E-state index contributed by atoms with van der Waals surface area (Å²) in [6.45, 7) is 6.78. The molecular weight excluding hydrogens is 575 g/mol. The fourth-order valence-electron chi connectivity index (χ4n) is 5.48. The molecule has 1 aromatic carbocycles. The molecule has 2 aliphatic heterocycles. The highest BCUT2D eigenvalue weighted by Gasteiger charge is 2.32. The third kappa shape index (κ3) is 7.84. The molecular formula is C28H37BrCl2N4O2. The molecule has 9 heteroatoms. The van der Waals surface area contributed by atoms with Gasteiger partial charge in [0.1, 0.15) is 0 Å². The number of amides is 3. The lowest BCUT2D eigenvalue weighted by atomic mass is 9.77. The van der Waals surface area contributed by atoms with Gasteiger partial charge >= 0.3 is 6.03 Å². The van der Waals surface area contributed by atoms with Crippen molar-refractivity contribution in [2.45, 2.75) is 58.3 Å². The molecule has 6 nitrogen and oxygen atoms in total. The number of aryl methyl sites for hydroxylation is 1. The molecule has 0 aromatic heterocycles. The summed E-state index contributed by atoms with van der Waals surface area (Å²) in [7, 11) is 0. The molecule has 2 aliphatic rings. The topological polar surface area (TPSA) is 90.5 Å². The number of primary amides is 1. The van der Waals surface area contributed by atoms with E-state index in [1.54, 1.807) is 4.90 Å². The van der Waals surface area contributed by atoms with Gasteiger partial charge < -0.3 is 20.9 Å². The predicted octanol–water partition coefficient (Wildman–Crippen LogP) is 6.89. The number of urea groups is 1. The second-order valence-electron chi connectivity index (χ2n) is 10.1. The number of halogens is 3. The summed E-state index contributed by atoms with van der Waals surface area (Å²) in [4.78, 5) is 28.1. The highest BCUT2D eigenvalue weighted by molar-refractivity contribution is 9.10. The third-order valence-electron chi connectivity index (χ3n) is 7.74. The fourth-order valence-corrected chi connectivity index (χ4v) is 6.68. The van der Waals surface area contributed by atoms with Gasteiger partial charge in [-0.3, -0.25) is 4.79 Å². The van der Waals surface area contributed by atoms with Gasteiger partial charge in [0.15, 0.2) is 0 Å². The zero-order valence-electron chi connectivity index (χ0n) is 21.6. The van der Waals surface area contributed by atoms with Crippen LogP contribution < -0.4 is 5.73 Å². The predicted molar refractivity (Wildman–Crippen MR) is 156 cm³/mol. The van der Waals surface area contributed by atoms with Gasteiger partial charge in [0.05, 0.1) is 5.03 Å². The van der Waals surface area contributed by atoms with Crippen LogP contribution in [0.4, 0.5) is 4.79 Å². The number of carbonyl (C=O) groups excluding carboxylic acids is 2. The number of nitrogens with one attached hydrogen (secondary N) is 1. The standard InChI is InChI=1S/C28H37BrCl2N4O2/c1-3-20-15-22(30)16-24(29)27(20)23(5-4-18(2)25(31)17-32)21-8-12-34(13-9-21)26(36)14-19-6-10-35(11-7-19)28(33)37/h4-5,15-17,19,21,23,32H,3,6-14H2,1-2H3,(H2,33,37)/b5-4+,25-18+,32-17?. The molecule has 0 radical (unpaired) electrons. The summed E-state index contributed by atoms with van der Waals surface area (Å²) >= 11 is 16.3. The van der Waals surface area contributed by atoms with Crippen LogP contribution >= 0.6 is 39.1 Å². The highest BCUT2D eigenvalue weighted by Crippen LogP contribution is 2.41. The van der Waals surface area contributed by atoms with Crippen molar-refractivity contribution in [3.63, 3.8) is 0 Å². The maximum absolute atomic E-state index is 13.1. The minimum absolute atomic E-state index is 0.127. The summed E-state index contributed by atoms with van der Waals surface area (Å²) in [5, 5.41) is 8.59. The number of benzene rings is 1. The van der Waals surface area contributed by atoms with E-state index < -0.39 is 0 Å². The zero-order valence-corrected chi connectivity index (χ0v) is 24.7. The number of piperidine rings is 2. The average Bonchev–Trinajstić information content (AvgIpc) is 2.89. The first kappa shape index (κ1) is 29.7. The van der Waals surface area contributed by atoms with Crippen molar-refractivity contribution in [1.82, 2.24) is 9.80 Å². The summed E-state index contributed by atoms with van der Waals surface area (Å²) < 4.78 is 0.993. The Kier molecular flexibility index (Phi) is 11.1. The average molecular weight is 612 g/mol. The monoisotopic (exact) mass is 610 g/mol. The maximum atomic E-state index is 13.1. The Bertz CT molecular complexity index is 1060. The molecule has 1 aromatic rings. The first-order chi connectivity index (χ1) is 17.6. The largest absolute Gasteiger partial charge is 0.351 e. The van der Waals surface area contributed by atoms with Crippen LogP contribution in [0.5, 0.6) is 0 Å². The van der Waals surface area contributed by atoms with Crippen molar-refractivity contribution in [2.24, 2.45) is 17.6 Å². The molecule has 3 amide bonds. The zero-order chi connectivity index (χ0) is 27.1. The first-order valence-corrected chi connectivity index (χ1v) is 14.5. The van der Waals surface area contributed by atoms with E-state index in [4.69, 9.17) is 34.3 Å². The summed E-state index contributed by atoms with van der Waals surface area (Å²) in [6.07, 6.45) is 10.2. The fraction of sp³-hybridized carbons (Fsp3) is 0.536. The Balaban J connectivity index is 1.72. The van der Waals surface area contributed by atoms with E-state index in [0.717, 1.165) is 61.5 Å². The van der Waals surface area contributed by atoms with E-state index >= 15 is 0 Å². The van der Waals surface area contributed by atoms with Gasteiger partial charge in [-0.05, 0) is 79.7 Å². The maximum Gasteiger partial charge on any atom is 0.314 e. The van der Waals surface area contributed by atoms with Gasteiger partial charge in [0.25, 0.3) is 0 Å². The Labute approximate surface area is 238 Å². The van der Waals surface area contributed by atoms with Crippen molar-refractivity contribution < 1.29 is 9.59 Å². The SMILES string of the molecule is CCc1cc(Cl)cc(Br)c1C(/C=C/C(C)=C(/Cl)C=N)C1CCN(C(=O)CC2CCN(C(N)=O)CC2)CC1. The second kappa shape index (κ2) is 13.8. The molecule has 0 spiro atoms. The molecule has 1 atom stereocenters. The van der Waals surface area contributed by atoms with Crippen LogP contribution in [0.15, 0.2) is 39.4 Å². The summed E-state index contributed by atoms with van der Waals surface area (Å²) in [6, 6.07) is 3.62. The van der Waals surface area contributed by atoms with Gasteiger partial charge in [-0.1, -0.05) is 58.2 Å². The van der Waals surface area contributed by atoms with Crippen LogP contribution in [0.1, 0.15) is 63.0 Å². The van der Waals surface area contributed by atoms with Crippen LogP contribution in [0.25, 0.3) is 0 Å². The Hall–Kier alpha value is -1.83. The summed E-state index contributed by atoms with van der Waals surface area (Å²) in [5.74, 6) is 0.999. The lowest BCUT2D eigenvalue weighted by molar-refractivity contribution is -0.134. The molecule has 2 fully saturated rings. The number of rotatable bonds is 8. The van der Waals surface area contributed by atoms with Gasteiger partial charge in [-0.15, -0.1) is 0 Å². The van der Waals surface area contributed by atoms with E-state index in [1.807, 2.05) is 30.0 Å². The molecule has 202 valence electrons. The molecule has 0 bridgehead atoms. The van der Waals surface area contributed by atoms with Gasteiger partial charge in [0, 0.05) is 54.2 Å². The van der Waals surface area contributed by atoms with Crippen LogP contribution in [0.3, 0.4) is 0 Å². The van der Waals surface area contributed by atoms with Gasteiger partial charge in [-0.25, -0.2) is 4.79 Å². The minimum atomic E-state index is -0.375. The second-order valence-corrected chi connectivity index (χ2v) is 11.8. The van der Waals surface area contributed by atoms with Crippen LogP contribution in [0, 0.1) is 17.2 Å². The summed E-state index contributed by atoms with van der Waals surface area (Å²) in [5.41, 5.74) is 8.66. The number of allylic oxidation sites excluding steroid dienone is 4.